The van der Waals surface area contributed by atoms with Gasteiger partial charge in [-0.2, -0.15) is 0 Å². The van der Waals surface area contributed by atoms with Crippen molar-refractivity contribution >= 4 is 17.7 Å². The Balaban J connectivity index is 2.64. The number of aromatic nitrogens is 2. The molecular weight excluding hydrogens is 290 g/mol. The summed E-state index contributed by atoms with van der Waals surface area (Å²) in [6, 6.07) is 1.53. The van der Waals surface area contributed by atoms with E-state index in [1.165, 1.54) is 24.0 Å². The number of hydrogen-bond acceptors (Lipinski definition) is 6. The molecule has 0 spiro atoms. The van der Waals surface area contributed by atoms with Crippen LogP contribution < -0.4 is 10.9 Å². The molecule has 2 N–H and O–H groups in total. The maximum absolute atomic E-state index is 12.1. The number of nitrogens with one attached hydrogen (secondary N) is 2. The van der Waals surface area contributed by atoms with E-state index in [2.05, 4.69) is 15.3 Å². The Bertz CT molecular complexity index is 518. The standard InChI is InChI=1S/C14H23N3O3S/c1-5-20-12(19)14(4,17-10(2)3)7-9-21-13-15-8-6-11(18)16-13/h6,8,10,17H,5,7,9H2,1-4H3,(H,15,16,18). The van der Waals surface area contributed by atoms with Gasteiger partial charge in [0.05, 0.1) is 6.61 Å². The van der Waals surface area contributed by atoms with Crippen molar-refractivity contribution in [3.8, 4) is 0 Å². The van der Waals surface area contributed by atoms with Crippen molar-refractivity contribution in [2.45, 2.75) is 50.9 Å². The van der Waals surface area contributed by atoms with E-state index in [9.17, 15) is 9.59 Å². The molecule has 0 radical (unpaired) electrons. The monoisotopic (exact) mass is 313 g/mol. The van der Waals surface area contributed by atoms with Crippen LogP contribution in [0.5, 0.6) is 0 Å². The van der Waals surface area contributed by atoms with Crippen LogP contribution in [0.1, 0.15) is 34.1 Å². The van der Waals surface area contributed by atoms with Crippen molar-refractivity contribution in [3.05, 3.63) is 22.6 Å². The number of H-pyrrole nitrogens is 1. The smallest absolute Gasteiger partial charge is 0.326 e. The fourth-order valence-electron chi connectivity index (χ4n) is 1.94. The molecule has 0 aromatic carbocycles. The van der Waals surface area contributed by atoms with E-state index in [0.717, 1.165) is 0 Å². The highest BCUT2D eigenvalue weighted by Gasteiger charge is 2.34. The lowest BCUT2D eigenvalue weighted by Gasteiger charge is -2.30. The summed E-state index contributed by atoms with van der Waals surface area (Å²) in [5.74, 6) is 0.385. The normalized spacial score (nSPS) is 14.0. The molecular formula is C14H23N3O3S. The predicted molar refractivity (Wildman–Crippen MR) is 83.5 cm³/mol. The number of esters is 1. The fourth-order valence-corrected chi connectivity index (χ4v) is 2.95. The van der Waals surface area contributed by atoms with Crippen LogP contribution in [-0.2, 0) is 9.53 Å². The highest BCUT2D eigenvalue weighted by atomic mass is 32.2. The molecule has 1 rings (SSSR count). The molecule has 1 atom stereocenters. The number of thioether (sulfide) groups is 1. The Hall–Kier alpha value is -1.34. The Morgan fingerprint density at radius 3 is 2.86 bits per heavy atom. The van der Waals surface area contributed by atoms with Gasteiger partial charge < -0.3 is 9.72 Å². The van der Waals surface area contributed by atoms with Gasteiger partial charge in [-0.1, -0.05) is 11.8 Å². The van der Waals surface area contributed by atoms with Crippen LogP contribution in [0.15, 0.2) is 22.2 Å². The van der Waals surface area contributed by atoms with Gasteiger partial charge in [-0.3, -0.25) is 14.9 Å². The second-order valence-electron chi connectivity index (χ2n) is 5.19. The van der Waals surface area contributed by atoms with E-state index in [-0.39, 0.29) is 17.6 Å². The highest BCUT2D eigenvalue weighted by molar-refractivity contribution is 7.99. The first-order chi connectivity index (χ1) is 9.87. The van der Waals surface area contributed by atoms with Gasteiger partial charge in [0.2, 0.25) is 0 Å². The first-order valence-electron chi connectivity index (χ1n) is 7.00. The number of carbonyl (C=O) groups is 1. The number of nitrogens with zero attached hydrogens (tertiary/aromatic N) is 1. The molecule has 0 saturated carbocycles. The molecule has 1 unspecified atom stereocenters. The van der Waals surface area contributed by atoms with Gasteiger partial charge in [-0.05, 0) is 34.1 Å². The Labute approximate surface area is 129 Å². The molecule has 21 heavy (non-hydrogen) atoms. The van der Waals surface area contributed by atoms with Gasteiger partial charge in [0.25, 0.3) is 5.56 Å². The second kappa shape index (κ2) is 8.19. The molecule has 0 saturated heterocycles. The molecule has 0 fully saturated rings. The zero-order chi connectivity index (χ0) is 15.9. The molecule has 1 aromatic heterocycles. The molecule has 118 valence electrons. The fraction of sp³-hybridized carbons (Fsp3) is 0.643. The Kier molecular flexibility index (Phi) is 6.91. The summed E-state index contributed by atoms with van der Waals surface area (Å²) in [6.07, 6.45) is 2.05. The molecule has 0 amide bonds. The van der Waals surface area contributed by atoms with Crippen molar-refractivity contribution in [1.82, 2.24) is 15.3 Å². The largest absolute Gasteiger partial charge is 0.465 e. The minimum Gasteiger partial charge on any atom is -0.465 e. The zero-order valence-corrected chi connectivity index (χ0v) is 13.8. The van der Waals surface area contributed by atoms with E-state index in [4.69, 9.17) is 4.74 Å². The molecule has 7 heteroatoms. The third-order valence-electron chi connectivity index (χ3n) is 2.82. The van der Waals surface area contributed by atoms with Crippen molar-refractivity contribution in [2.24, 2.45) is 0 Å². The van der Waals surface area contributed by atoms with Crippen LogP contribution in [0.3, 0.4) is 0 Å². The van der Waals surface area contributed by atoms with Crippen molar-refractivity contribution in [3.63, 3.8) is 0 Å². The molecule has 1 heterocycles. The summed E-state index contributed by atoms with van der Waals surface area (Å²) in [5, 5.41) is 3.81. The van der Waals surface area contributed by atoms with E-state index in [1.54, 1.807) is 6.92 Å². The van der Waals surface area contributed by atoms with E-state index in [0.29, 0.717) is 23.9 Å². The van der Waals surface area contributed by atoms with E-state index >= 15 is 0 Å². The number of rotatable bonds is 8. The Morgan fingerprint density at radius 1 is 1.57 bits per heavy atom. The van der Waals surface area contributed by atoms with E-state index in [1.807, 2.05) is 20.8 Å². The molecule has 0 aliphatic heterocycles. The van der Waals surface area contributed by atoms with Crippen LogP contribution >= 0.6 is 11.8 Å². The third-order valence-corrected chi connectivity index (χ3v) is 3.71. The van der Waals surface area contributed by atoms with Gasteiger partial charge in [0, 0.05) is 24.1 Å². The van der Waals surface area contributed by atoms with Gasteiger partial charge >= 0.3 is 5.97 Å². The maximum Gasteiger partial charge on any atom is 0.326 e. The topological polar surface area (TPSA) is 84.1 Å². The Morgan fingerprint density at radius 2 is 2.29 bits per heavy atom. The highest BCUT2D eigenvalue weighted by Crippen LogP contribution is 2.20. The van der Waals surface area contributed by atoms with Crippen molar-refractivity contribution in [2.75, 3.05) is 12.4 Å². The number of carbonyl (C=O) groups excluding carboxylic acids is 1. The predicted octanol–water partition coefficient (Wildman–Crippen LogP) is 1.57. The molecule has 0 aliphatic rings. The van der Waals surface area contributed by atoms with Gasteiger partial charge in [0.1, 0.15) is 5.54 Å². The molecule has 0 bridgehead atoms. The van der Waals surface area contributed by atoms with Crippen molar-refractivity contribution in [1.29, 1.82) is 0 Å². The lowest BCUT2D eigenvalue weighted by molar-refractivity contribution is -0.150. The summed E-state index contributed by atoms with van der Waals surface area (Å²) in [7, 11) is 0. The number of hydrogen-bond donors (Lipinski definition) is 2. The first-order valence-corrected chi connectivity index (χ1v) is 7.99. The average molecular weight is 313 g/mol. The molecule has 1 aromatic rings. The quantitative estimate of drug-likeness (QED) is 0.430. The van der Waals surface area contributed by atoms with Crippen LogP contribution in [-0.4, -0.2) is 39.9 Å². The maximum atomic E-state index is 12.1. The summed E-state index contributed by atoms with van der Waals surface area (Å²) in [6.45, 7) is 7.96. The van der Waals surface area contributed by atoms with Crippen LogP contribution in [0.4, 0.5) is 0 Å². The summed E-state index contributed by atoms with van der Waals surface area (Å²) >= 11 is 1.41. The number of ether oxygens (including phenoxy) is 1. The first kappa shape index (κ1) is 17.7. The van der Waals surface area contributed by atoms with Crippen molar-refractivity contribution < 1.29 is 9.53 Å². The zero-order valence-electron chi connectivity index (χ0n) is 12.9. The lowest BCUT2D eigenvalue weighted by Crippen LogP contribution is -2.53. The number of aromatic amines is 1. The minimum absolute atomic E-state index is 0.166. The summed E-state index contributed by atoms with van der Waals surface area (Å²) in [5.41, 5.74) is -0.923. The summed E-state index contributed by atoms with van der Waals surface area (Å²) in [4.78, 5) is 30.0. The van der Waals surface area contributed by atoms with Crippen LogP contribution in [0.2, 0.25) is 0 Å². The molecule has 6 nitrogen and oxygen atoms in total. The van der Waals surface area contributed by atoms with Gasteiger partial charge in [-0.15, -0.1) is 0 Å². The van der Waals surface area contributed by atoms with E-state index < -0.39 is 5.54 Å². The minimum atomic E-state index is -0.744. The summed E-state index contributed by atoms with van der Waals surface area (Å²) < 4.78 is 5.15. The lowest BCUT2D eigenvalue weighted by atomic mass is 9.98. The van der Waals surface area contributed by atoms with Crippen LogP contribution in [0, 0.1) is 0 Å². The van der Waals surface area contributed by atoms with Crippen LogP contribution in [0.25, 0.3) is 0 Å². The molecule has 0 aliphatic carbocycles. The second-order valence-corrected chi connectivity index (χ2v) is 6.27. The third kappa shape index (κ3) is 5.89. The SMILES string of the molecule is CCOC(=O)C(C)(CCSc1nccc(=O)[nH]1)NC(C)C. The van der Waals surface area contributed by atoms with Gasteiger partial charge in [0.15, 0.2) is 5.16 Å². The average Bonchev–Trinajstić information content (AvgIpc) is 2.38. The van der Waals surface area contributed by atoms with Gasteiger partial charge in [-0.25, -0.2) is 4.98 Å².